The summed E-state index contributed by atoms with van der Waals surface area (Å²) < 4.78 is 25.6. The van der Waals surface area contributed by atoms with Gasteiger partial charge in [0.15, 0.2) is 0 Å². The highest BCUT2D eigenvalue weighted by atomic mass is 19.1. The van der Waals surface area contributed by atoms with Crippen LogP contribution in [0, 0.1) is 5.82 Å². The van der Waals surface area contributed by atoms with Crippen molar-refractivity contribution in [1.29, 1.82) is 0 Å². The van der Waals surface area contributed by atoms with Gasteiger partial charge < -0.3 is 19.5 Å². The van der Waals surface area contributed by atoms with E-state index in [0.29, 0.717) is 19.0 Å². The summed E-state index contributed by atoms with van der Waals surface area (Å²) >= 11 is 0. The number of fused-ring (bicyclic) bond motifs is 1. The Morgan fingerprint density at radius 2 is 1.65 bits per heavy atom. The smallest absolute Gasteiger partial charge is 0.126 e. The van der Waals surface area contributed by atoms with Crippen LogP contribution in [0.3, 0.4) is 0 Å². The summed E-state index contributed by atoms with van der Waals surface area (Å²) in [5, 5.41) is 9.94. The van der Waals surface area contributed by atoms with Gasteiger partial charge in [0.1, 0.15) is 23.1 Å². The number of phenols is 1. The van der Waals surface area contributed by atoms with Gasteiger partial charge in [-0.2, -0.15) is 0 Å². The summed E-state index contributed by atoms with van der Waals surface area (Å²) in [7, 11) is 0. The number of phenolic OH excluding ortho intramolecular Hbond substituents is 1. The first kappa shape index (κ1) is 22.7. The number of benzene rings is 3. The van der Waals surface area contributed by atoms with Crippen LogP contribution in [0.15, 0.2) is 66.7 Å². The number of hydrogen-bond donors (Lipinski definition) is 1. The number of rotatable bonds is 7. The third kappa shape index (κ3) is 5.20. The topological polar surface area (TPSA) is 41.9 Å². The lowest BCUT2D eigenvalue weighted by molar-refractivity contribution is 0.205. The number of halogens is 1. The minimum Gasteiger partial charge on any atom is -0.508 e. The van der Waals surface area contributed by atoms with E-state index in [1.54, 1.807) is 12.1 Å². The molecule has 1 N–H and O–H groups in total. The molecule has 2 aliphatic heterocycles. The van der Waals surface area contributed by atoms with Gasteiger partial charge in [-0.1, -0.05) is 36.8 Å². The molecule has 0 spiro atoms. The molecule has 3 aromatic carbocycles. The summed E-state index contributed by atoms with van der Waals surface area (Å²) in [4.78, 5) is 2.53. The zero-order chi connectivity index (χ0) is 23.3. The van der Waals surface area contributed by atoms with E-state index in [-0.39, 0.29) is 23.4 Å². The van der Waals surface area contributed by atoms with Crippen molar-refractivity contribution in [3.8, 4) is 17.2 Å². The van der Waals surface area contributed by atoms with E-state index in [0.717, 1.165) is 35.4 Å². The Morgan fingerprint density at radius 3 is 2.41 bits per heavy atom. The van der Waals surface area contributed by atoms with E-state index in [2.05, 4.69) is 17.0 Å². The van der Waals surface area contributed by atoms with Crippen LogP contribution in [0.1, 0.15) is 54.2 Å². The largest absolute Gasteiger partial charge is 0.508 e. The van der Waals surface area contributed by atoms with Crippen molar-refractivity contribution < 1.29 is 19.0 Å². The molecular formula is C29H32FNO3. The molecule has 2 heterocycles. The lowest BCUT2D eigenvalue weighted by Gasteiger charge is -2.34. The van der Waals surface area contributed by atoms with Gasteiger partial charge in [-0.3, -0.25) is 0 Å². The molecule has 3 aromatic rings. The van der Waals surface area contributed by atoms with Gasteiger partial charge >= 0.3 is 0 Å². The van der Waals surface area contributed by atoms with E-state index in [1.807, 2.05) is 30.3 Å². The molecule has 1 fully saturated rings. The van der Waals surface area contributed by atoms with Crippen LogP contribution in [-0.4, -0.2) is 42.9 Å². The van der Waals surface area contributed by atoms with Crippen molar-refractivity contribution in [2.75, 3.05) is 32.8 Å². The molecule has 0 unspecified atom stereocenters. The molecule has 0 bridgehead atoms. The number of ether oxygens (including phenoxy) is 2. The zero-order valence-electron chi connectivity index (χ0n) is 19.5. The van der Waals surface area contributed by atoms with Crippen LogP contribution >= 0.6 is 0 Å². The summed E-state index contributed by atoms with van der Waals surface area (Å²) in [6.07, 6.45) is 5.03. The Labute approximate surface area is 200 Å². The molecular weight excluding hydrogens is 429 g/mol. The zero-order valence-corrected chi connectivity index (χ0v) is 19.5. The predicted octanol–water partition coefficient (Wildman–Crippen LogP) is 6.09. The van der Waals surface area contributed by atoms with Gasteiger partial charge in [-0.05, 0) is 73.8 Å². The van der Waals surface area contributed by atoms with Gasteiger partial charge in [0.2, 0.25) is 0 Å². The average molecular weight is 462 g/mol. The molecule has 1 saturated heterocycles. The first-order valence-electron chi connectivity index (χ1n) is 12.3. The maximum atomic E-state index is 13.6. The second kappa shape index (κ2) is 10.5. The van der Waals surface area contributed by atoms with Crippen molar-refractivity contribution in [2.24, 2.45) is 0 Å². The maximum absolute atomic E-state index is 13.6. The molecule has 178 valence electrons. The fourth-order valence-electron chi connectivity index (χ4n) is 5.24. The second-order valence-corrected chi connectivity index (χ2v) is 9.34. The average Bonchev–Trinajstić information content (AvgIpc) is 2.87. The van der Waals surface area contributed by atoms with Crippen LogP contribution in [0.2, 0.25) is 0 Å². The number of piperidine rings is 1. The van der Waals surface area contributed by atoms with Crippen LogP contribution in [0.5, 0.6) is 17.2 Å². The van der Waals surface area contributed by atoms with Crippen LogP contribution in [-0.2, 0) is 0 Å². The maximum Gasteiger partial charge on any atom is 0.126 e. The van der Waals surface area contributed by atoms with Crippen LogP contribution in [0.25, 0.3) is 0 Å². The second-order valence-electron chi connectivity index (χ2n) is 9.34. The molecule has 0 saturated carbocycles. The number of likely N-dealkylation sites (tertiary alicyclic amines) is 1. The molecule has 0 aliphatic carbocycles. The first-order valence-corrected chi connectivity index (χ1v) is 12.3. The quantitative estimate of drug-likeness (QED) is 0.432. The van der Waals surface area contributed by atoms with E-state index in [4.69, 9.17) is 9.47 Å². The fourth-order valence-corrected chi connectivity index (χ4v) is 5.24. The molecule has 0 aromatic heterocycles. The highest BCUT2D eigenvalue weighted by Crippen LogP contribution is 2.47. The highest BCUT2D eigenvalue weighted by molar-refractivity contribution is 5.50. The standard InChI is InChI=1S/C29H32FNO3/c30-23-9-5-21(6-10-23)27-20-34-28-19-24(32)11-14-26(28)29(27)22-7-12-25(13-8-22)33-18-4-17-31-15-2-1-3-16-31/h5-14,19,27,29,32H,1-4,15-18,20H2/t27-,29-/m1/s1. The van der Waals surface area contributed by atoms with Crippen LogP contribution in [0.4, 0.5) is 4.39 Å². The molecule has 34 heavy (non-hydrogen) atoms. The van der Waals surface area contributed by atoms with Crippen molar-refractivity contribution in [1.82, 2.24) is 4.90 Å². The van der Waals surface area contributed by atoms with Crippen LogP contribution < -0.4 is 9.47 Å². The summed E-state index contributed by atoms with van der Waals surface area (Å²) in [5.41, 5.74) is 3.20. The number of aromatic hydroxyl groups is 1. The predicted molar refractivity (Wildman–Crippen MR) is 131 cm³/mol. The fraction of sp³-hybridized carbons (Fsp3) is 0.379. The molecule has 5 heteroatoms. The molecule has 4 nitrogen and oxygen atoms in total. The van der Waals surface area contributed by atoms with Gasteiger partial charge in [0.25, 0.3) is 0 Å². The van der Waals surface area contributed by atoms with Gasteiger partial charge in [0, 0.05) is 30.0 Å². The molecule has 0 radical (unpaired) electrons. The van der Waals surface area contributed by atoms with Crippen molar-refractivity contribution >= 4 is 0 Å². The third-order valence-electron chi connectivity index (χ3n) is 7.03. The highest BCUT2D eigenvalue weighted by Gasteiger charge is 2.33. The molecule has 2 atom stereocenters. The molecule has 0 amide bonds. The van der Waals surface area contributed by atoms with Crippen molar-refractivity contribution in [2.45, 2.75) is 37.5 Å². The molecule has 5 rings (SSSR count). The van der Waals surface area contributed by atoms with Gasteiger partial charge in [-0.25, -0.2) is 4.39 Å². The minimum absolute atomic E-state index is 0.0305. The lowest BCUT2D eigenvalue weighted by Crippen LogP contribution is -2.31. The van der Waals surface area contributed by atoms with E-state index < -0.39 is 0 Å². The number of nitrogens with zero attached hydrogens (tertiary/aromatic N) is 1. The number of hydrogen-bond acceptors (Lipinski definition) is 4. The SMILES string of the molecule is Oc1ccc2c(c1)OC[C@H](c1ccc(F)cc1)[C@@H]2c1ccc(OCCCN2CCCCC2)cc1. The molecule has 2 aliphatic rings. The minimum atomic E-state index is -0.246. The van der Waals surface area contributed by atoms with Crippen molar-refractivity contribution in [3.63, 3.8) is 0 Å². The van der Waals surface area contributed by atoms with Gasteiger partial charge in [0.05, 0.1) is 13.2 Å². The summed E-state index contributed by atoms with van der Waals surface area (Å²) in [6, 6.07) is 20.3. The van der Waals surface area contributed by atoms with E-state index in [1.165, 1.54) is 44.5 Å². The Morgan fingerprint density at radius 1 is 0.912 bits per heavy atom. The first-order chi connectivity index (χ1) is 16.7. The monoisotopic (exact) mass is 461 g/mol. The Balaban J connectivity index is 1.31. The Hall–Kier alpha value is -3.05. The Kier molecular flexibility index (Phi) is 7.00. The van der Waals surface area contributed by atoms with Crippen molar-refractivity contribution in [3.05, 3.63) is 89.2 Å². The lowest BCUT2D eigenvalue weighted by atomic mass is 9.76. The summed E-state index contributed by atoms with van der Waals surface area (Å²) in [6.45, 7) is 4.71. The Bertz CT molecular complexity index is 1080. The van der Waals surface area contributed by atoms with E-state index >= 15 is 0 Å². The van der Waals surface area contributed by atoms with Gasteiger partial charge in [-0.15, -0.1) is 0 Å². The van der Waals surface area contributed by atoms with E-state index in [9.17, 15) is 9.50 Å². The summed E-state index contributed by atoms with van der Waals surface area (Å²) in [5.74, 6) is 1.58. The third-order valence-corrected chi connectivity index (χ3v) is 7.03. The normalized spacial score (nSPS) is 20.4.